The molecule has 2 aromatic rings. The Morgan fingerprint density at radius 1 is 1.20 bits per heavy atom. The second kappa shape index (κ2) is 11.1. The van der Waals surface area contributed by atoms with Crippen molar-refractivity contribution in [3.05, 3.63) is 64.7 Å². The van der Waals surface area contributed by atoms with E-state index in [0.29, 0.717) is 31.0 Å². The average Bonchev–Trinajstić information content (AvgIpc) is 2.60. The van der Waals surface area contributed by atoms with Gasteiger partial charge in [-0.1, -0.05) is 41.4 Å². The van der Waals surface area contributed by atoms with Gasteiger partial charge >= 0.3 is 0 Å². The predicted octanol–water partition coefficient (Wildman–Crippen LogP) is 4.86. The molecule has 0 aliphatic rings. The van der Waals surface area contributed by atoms with Gasteiger partial charge in [0.05, 0.1) is 6.61 Å². The van der Waals surface area contributed by atoms with E-state index in [4.69, 9.17) is 16.3 Å². The quantitative estimate of drug-likeness (QED) is 0.601. The Kier molecular flexibility index (Phi) is 8.70. The van der Waals surface area contributed by atoms with Gasteiger partial charge in [0.25, 0.3) is 0 Å². The van der Waals surface area contributed by atoms with Gasteiger partial charge in [-0.25, -0.2) is 0 Å². The summed E-state index contributed by atoms with van der Waals surface area (Å²) in [5.41, 5.74) is 2.61. The number of benzene rings is 2. The van der Waals surface area contributed by atoms with E-state index in [1.54, 1.807) is 12.1 Å². The molecule has 2 rings (SSSR count). The number of ether oxygens (including phenoxy) is 1. The van der Waals surface area contributed by atoms with E-state index >= 15 is 0 Å². The van der Waals surface area contributed by atoms with E-state index < -0.39 is 0 Å². The lowest BCUT2D eigenvalue weighted by Gasteiger charge is -2.07. The number of rotatable bonds is 10. The van der Waals surface area contributed by atoms with Gasteiger partial charge in [0.2, 0.25) is 5.91 Å². The predicted molar refractivity (Wildman–Crippen MR) is 107 cm³/mol. The second-order valence-electron chi connectivity index (χ2n) is 5.80. The number of thioether (sulfide) groups is 1. The van der Waals surface area contributed by atoms with E-state index in [0.717, 1.165) is 17.3 Å². The Morgan fingerprint density at radius 3 is 2.76 bits per heavy atom. The molecule has 3 nitrogen and oxygen atoms in total. The zero-order valence-electron chi connectivity index (χ0n) is 14.5. The molecule has 1 N–H and O–H groups in total. The molecule has 0 bridgehead atoms. The van der Waals surface area contributed by atoms with Gasteiger partial charge in [0.1, 0.15) is 5.75 Å². The number of nitrogens with one attached hydrogen (secondary N) is 1. The number of hydrogen-bond acceptors (Lipinski definition) is 3. The summed E-state index contributed by atoms with van der Waals surface area (Å²) in [6.07, 6.45) is 1.18. The van der Waals surface area contributed by atoms with Crippen molar-refractivity contribution in [3.63, 3.8) is 0 Å². The minimum absolute atomic E-state index is 0.0795. The first-order valence-electron chi connectivity index (χ1n) is 8.42. The highest BCUT2D eigenvalue weighted by Gasteiger charge is 2.02. The van der Waals surface area contributed by atoms with Crippen molar-refractivity contribution >= 4 is 29.3 Å². The normalized spacial score (nSPS) is 10.5. The van der Waals surface area contributed by atoms with Crippen LogP contribution in [0, 0.1) is 6.92 Å². The number of amides is 1. The monoisotopic (exact) mass is 377 g/mol. The average molecular weight is 378 g/mol. The van der Waals surface area contributed by atoms with Gasteiger partial charge in [-0.15, -0.1) is 0 Å². The third-order valence-corrected chi connectivity index (χ3v) is 4.83. The van der Waals surface area contributed by atoms with Crippen LogP contribution in [-0.2, 0) is 10.5 Å². The Morgan fingerprint density at radius 2 is 2.00 bits per heavy atom. The summed E-state index contributed by atoms with van der Waals surface area (Å²) in [5.74, 6) is 2.75. The second-order valence-corrected chi connectivity index (χ2v) is 7.34. The summed E-state index contributed by atoms with van der Waals surface area (Å²) < 4.78 is 5.57. The molecule has 0 saturated heterocycles. The van der Waals surface area contributed by atoms with Crippen molar-refractivity contribution in [2.24, 2.45) is 0 Å². The third-order valence-electron chi connectivity index (χ3n) is 3.55. The smallest absolute Gasteiger partial charge is 0.220 e. The minimum Gasteiger partial charge on any atom is -0.494 e. The zero-order valence-corrected chi connectivity index (χ0v) is 16.0. The summed E-state index contributed by atoms with van der Waals surface area (Å²) in [5, 5.41) is 3.64. The molecule has 134 valence electrons. The largest absolute Gasteiger partial charge is 0.494 e. The van der Waals surface area contributed by atoms with Gasteiger partial charge in [0, 0.05) is 29.5 Å². The molecule has 0 fully saturated rings. The van der Waals surface area contributed by atoms with Crippen LogP contribution in [-0.4, -0.2) is 24.8 Å². The van der Waals surface area contributed by atoms with E-state index in [1.807, 2.05) is 23.9 Å². The van der Waals surface area contributed by atoms with Crippen LogP contribution in [0.25, 0.3) is 0 Å². The third kappa shape index (κ3) is 8.32. The highest BCUT2D eigenvalue weighted by molar-refractivity contribution is 7.98. The van der Waals surface area contributed by atoms with Crippen molar-refractivity contribution in [2.75, 3.05) is 18.9 Å². The van der Waals surface area contributed by atoms with E-state index in [1.165, 1.54) is 11.1 Å². The Bertz CT molecular complexity index is 661. The van der Waals surface area contributed by atoms with Crippen LogP contribution in [0.2, 0.25) is 5.02 Å². The number of halogens is 1. The molecular formula is C20H24ClNO2S. The lowest BCUT2D eigenvalue weighted by Crippen LogP contribution is -2.25. The van der Waals surface area contributed by atoms with E-state index in [9.17, 15) is 4.79 Å². The molecule has 0 atom stereocenters. The maximum absolute atomic E-state index is 11.8. The molecule has 5 heteroatoms. The fourth-order valence-electron chi connectivity index (χ4n) is 2.30. The molecule has 0 heterocycles. The SMILES string of the molecule is Cc1cccc(CSCCNC(=O)CCCOc2ccc(Cl)cc2)c1. The molecule has 0 aromatic heterocycles. The first-order chi connectivity index (χ1) is 12.1. The molecular weight excluding hydrogens is 354 g/mol. The van der Waals surface area contributed by atoms with Crippen molar-refractivity contribution in [1.29, 1.82) is 0 Å². The number of carbonyl (C=O) groups excluding carboxylic acids is 1. The number of carbonyl (C=O) groups is 1. The summed E-state index contributed by atoms with van der Waals surface area (Å²) >= 11 is 7.65. The fourth-order valence-corrected chi connectivity index (χ4v) is 3.23. The standard InChI is InChI=1S/C20H24ClNO2S/c1-16-4-2-5-17(14-16)15-25-13-11-22-20(23)6-3-12-24-19-9-7-18(21)8-10-19/h2,4-5,7-10,14H,3,6,11-13,15H2,1H3,(H,22,23). The van der Waals surface area contributed by atoms with Crippen LogP contribution in [0.1, 0.15) is 24.0 Å². The van der Waals surface area contributed by atoms with E-state index in [-0.39, 0.29) is 5.91 Å². The summed E-state index contributed by atoms with van der Waals surface area (Å²) in [6, 6.07) is 15.8. The van der Waals surface area contributed by atoms with Gasteiger partial charge in [-0.2, -0.15) is 11.8 Å². The lowest BCUT2D eigenvalue weighted by atomic mass is 10.2. The van der Waals surface area contributed by atoms with Crippen LogP contribution < -0.4 is 10.1 Å². The lowest BCUT2D eigenvalue weighted by molar-refractivity contribution is -0.121. The van der Waals surface area contributed by atoms with Crippen LogP contribution in [0.4, 0.5) is 0 Å². The molecule has 0 unspecified atom stereocenters. The fraction of sp³-hybridized carbons (Fsp3) is 0.350. The highest BCUT2D eigenvalue weighted by atomic mass is 35.5. The molecule has 2 aromatic carbocycles. The van der Waals surface area contributed by atoms with Crippen LogP contribution in [0.3, 0.4) is 0 Å². The topological polar surface area (TPSA) is 38.3 Å². The van der Waals surface area contributed by atoms with Crippen molar-refractivity contribution in [2.45, 2.75) is 25.5 Å². The number of hydrogen-bond donors (Lipinski definition) is 1. The van der Waals surface area contributed by atoms with Crippen molar-refractivity contribution < 1.29 is 9.53 Å². The van der Waals surface area contributed by atoms with Crippen LogP contribution in [0.5, 0.6) is 5.75 Å². The Hall–Kier alpha value is -1.65. The summed E-state index contributed by atoms with van der Waals surface area (Å²) in [6.45, 7) is 3.33. The van der Waals surface area contributed by atoms with Gasteiger partial charge in [-0.3, -0.25) is 4.79 Å². The molecule has 0 aliphatic carbocycles. The molecule has 1 amide bonds. The van der Waals surface area contributed by atoms with Crippen LogP contribution in [0.15, 0.2) is 48.5 Å². The summed E-state index contributed by atoms with van der Waals surface area (Å²) in [7, 11) is 0. The van der Waals surface area contributed by atoms with Gasteiger partial charge in [0.15, 0.2) is 0 Å². The maximum atomic E-state index is 11.8. The van der Waals surface area contributed by atoms with E-state index in [2.05, 4.69) is 36.5 Å². The van der Waals surface area contributed by atoms with Crippen molar-refractivity contribution in [1.82, 2.24) is 5.32 Å². The molecule has 25 heavy (non-hydrogen) atoms. The molecule has 0 spiro atoms. The summed E-state index contributed by atoms with van der Waals surface area (Å²) in [4.78, 5) is 11.8. The number of aryl methyl sites for hydroxylation is 1. The molecule has 0 aliphatic heterocycles. The molecule has 0 saturated carbocycles. The van der Waals surface area contributed by atoms with Crippen LogP contribution >= 0.6 is 23.4 Å². The molecule has 0 radical (unpaired) electrons. The highest BCUT2D eigenvalue weighted by Crippen LogP contribution is 2.16. The van der Waals surface area contributed by atoms with Gasteiger partial charge < -0.3 is 10.1 Å². The van der Waals surface area contributed by atoms with Gasteiger partial charge in [-0.05, 0) is 43.2 Å². The Balaban J connectivity index is 1.49. The first kappa shape index (κ1) is 19.7. The maximum Gasteiger partial charge on any atom is 0.220 e. The van der Waals surface area contributed by atoms with Crippen molar-refractivity contribution in [3.8, 4) is 5.75 Å². The Labute approximate surface area is 159 Å². The first-order valence-corrected chi connectivity index (χ1v) is 9.95. The minimum atomic E-state index is 0.0795. The zero-order chi connectivity index (χ0) is 17.9.